The van der Waals surface area contributed by atoms with Gasteiger partial charge >= 0.3 is 0 Å². The molecule has 62 valence electrons. The normalized spacial score (nSPS) is 46.8. The number of hydrogen-bond acceptors (Lipinski definition) is 1. The van der Waals surface area contributed by atoms with Crippen molar-refractivity contribution in [1.82, 2.24) is 0 Å². The van der Waals surface area contributed by atoms with Gasteiger partial charge in [0.15, 0.2) is 0 Å². The third-order valence-corrected chi connectivity index (χ3v) is 3.90. The molecule has 0 aliphatic heterocycles. The lowest BCUT2D eigenvalue weighted by molar-refractivity contribution is -0.134. The Balaban J connectivity index is 2.42. The highest BCUT2D eigenvalue weighted by Crippen LogP contribution is 2.59. The van der Waals surface area contributed by atoms with Gasteiger partial charge in [-0.2, -0.15) is 0 Å². The van der Waals surface area contributed by atoms with E-state index in [-0.39, 0.29) is 10.8 Å². The molecule has 0 heterocycles. The van der Waals surface area contributed by atoms with Crippen LogP contribution < -0.4 is 0 Å². The highest BCUT2D eigenvalue weighted by molar-refractivity contribution is 5.92. The van der Waals surface area contributed by atoms with Crippen LogP contribution in [0, 0.1) is 16.7 Å². The largest absolute Gasteiger partial charge is 0.298 e. The molecule has 2 atom stereocenters. The summed E-state index contributed by atoms with van der Waals surface area (Å²) in [6.45, 7) is 6.37. The van der Waals surface area contributed by atoms with Crippen molar-refractivity contribution in [2.45, 2.75) is 40.0 Å². The predicted octanol–water partition coefficient (Wildman–Crippen LogP) is 2.40. The van der Waals surface area contributed by atoms with E-state index in [0.29, 0.717) is 11.7 Å². The van der Waals surface area contributed by atoms with Gasteiger partial charge in [-0.05, 0) is 25.2 Å². The first-order valence-corrected chi connectivity index (χ1v) is 4.52. The third-order valence-electron chi connectivity index (χ3n) is 3.90. The predicted molar refractivity (Wildman–Crippen MR) is 44.2 cm³/mol. The summed E-state index contributed by atoms with van der Waals surface area (Å²) >= 11 is 0. The smallest absolute Gasteiger partial charge is 0.144 e. The molecule has 1 unspecified atom stereocenters. The van der Waals surface area contributed by atoms with Crippen LogP contribution >= 0.6 is 0 Å². The molecule has 0 aromatic heterocycles. The summed E-state index contributed by atoms with van der Waals surface area (Å²) in [5, 5.41) is 0. The van der Waals surface area contributed by atoms with Crippen LogP contribution in [-0.4, -0.2) is 5.78 Å². The molecule has 2 rings (SSSR count). The van der Waals surface area contributed by atoms with Gasteiger partial charge in [-0.1, -0.05) is 20.8 Å². The summed E-state index contributed by atoms with van der Waals surface area (Å²) in [5.74, 6) is 1.20. The standard InChI is InChI=1S/C10H16O/c1-9(2)7-4-5-10(3,6-7)8(9)11/h7H,4-6H2,1-3H3/t7?,10-/m0/s1. The Kier molecular flexibility index (Phi) is 1.13. The molecular formula is C10H16O. The second-order valence-electron chi connectivity index (χ2n) is 5.05. The van der Waals surface area contributed by atoms with E-state index in [1.807, 2.05) is 0 Å². The van der Waals surface area contributed by atoms with Crippen molar-refractivity contribution in [2.75, 3.05) is 0 Å². The maximum absolute atomic E-state index is 11.8. The van der Waals surface area contributed by atoms with E-state index in [9.17, 15) is 4.79 Å². The van der Waals surface area contributed by atoms with Crippen LogP contribution in [0.3, 0.4) is 0 Å². The molecule has 2 bridgehead atoms. The van der Waals surface area contributed by atoms with Crippen LogP contribution in [-0.2, 0) is 4.79 Å². The zero-order chi connectivity index (χ0) is 8.28. The van der Waals surface area contributed by atoms with E-state index in [4.69, 9.17) is 0 Å². The topological polar surface area (TPSA) is 17.1 Å². The lowest BCUT2D eigenvalue weighted by Crippen LogP contribution is -2.35. The fourth-order valence-electron chi connectivity index (χ4n) is 3.03. The summed E-state index contributed by atoms with van der Waals surface area (Å²) in [4.78, 5) is 11.8. The molecule has 2 aliphatic carbocycles. The van der Waals surface area contributed by atoms with E-state index in [2.05, 4.69) is 20.8 Å². The van der Waals surface area contributed by atoms with Gasteiger partial charge in [-0.25, -0.2) is 0 Å². The molecule has 0 aromatic rings. The Labute approximate surface area is 68.2 Å². The molecule has 0 spiro atoms. The molecule has 11 heavy (non-hydrogen) atoms. The van der Waals surface area contributed by atoms with Crippen molar-refractivity contribution in [3.05, 3.63) is 0 Å². The maximum atomic E-state index is 11.8. The maximum Gasteiger partial charge on any atom is 0.144 e. The molecular weight excluding hydrogens is 136 g/mol. The van der Waals surface area contributed by atoms with Crippen molar-refractivity contribution in [3.8, 4) is 0 Å². The van der Waals surface area contributed by atoms with Crippen molar-refractivity contribution in [2.24, 2.45) is 16.7 Å². The molecule has 0 N–H and O–H groups in total. The molecule has 0 radical (unpaired) electrons. The van der Waals surface area contributed by atoms with Gasteiger partial charge in [-0.15, -0.1) is 0 Å². The highest BCUT2D eigenvalue weighted by Gasteiger charge is 2.58. The first kappa shape index (κ1) is 7.33. The minimum Gasteiger partial charge on any atom is -0.298 e. The Hall–Kier alpha value is -0.330. The van der Waals surface area contributed by atoms with Crippen LogP contribution in [0.4, 0.5) is 0 Å². The summed E-state index contributed by atoms with van der Waals surface area (Å²) < 4.78 is 0. The van der Waals surface area contributed by atoms with Crippen molar-refractivity contribution < 1.29 is 4.79 Å². The Bertz CT molecular complexity index is 210. The van der Waals surface area contributed by atoms with Crippen LogP contribution in [0.2, 0.25) is 0 Å². The van der Waals surface area contributed by atoms with Crippen LogP contribution in [0.5, 0.6) is 0 Å². The highest BCUT2D eigenvalue weighted by atomic mass is 16.1. The van der Waals surface area contributed by atoms with Crippen molar-refractivity contribution in [1.29, 1.82) is 0 Å². The molecule has 2 aliphatic rings. The molecule has 1 heteroatoms. The zero-order valence-electron chi connectivity index (χ0n) is 7.61. The minimum atomic E-state index is -0.00694. The lowest BCUT2D eigenvalue weighted by Gasteiger charge is -2.31. The van der Waals surface area contributed by atoms with Gasteiger partial charge in [0.25, 0.3) is 0 Å². The van der Waals surface area contributed by atoms with Gasteiger partial charge in [0.05, 0.1) is 0 Å². The fraction of sp³-hybridized carbons (Fsp3) is 0.900. The fourth-order valence-corrected chi connectivity index (χ4v) is 3.03. The number of Topliss-reactive ketones (excluding diaryl/α,β-unsaturated/α-hetero) is 1. The Morgan fingerprint density at radius 3 is 2.27 bits per heavy atom. The Morgan fingerprint density at radius 1 is 1.36 bits per heavy atom. The summed E-state index contributed by atoms with van der Waals surface area (Å²) in [5.41, 5.74) is 0.0567. The second kappa shape index (κ2) is 1.70. The average Bonchev–Trinajstić information content (AvgIpc) is 2.36. The summed E-state index contributed by atoms with van der Waals surface area (Å²) in [7, 11) is 0. The number of rotatable bonds is 0. The van der Waals surface area contributed by atoms with E-state index >= 15 is 0 Å². The van der Waals surface area contributed by atoms with E-state index in [1.54, 1.807) is 0 Å². The number of carbonyl (C=O) groups excluding carboxylic acids is 1. The van der Waals surface area contributed by atoms with E-state index in [0.717, 1.165) is 12.8 Å². The second-order valence-corrected chi connectivity index (χ2v) is 5.05. The quantitative estimate of drug-likeness (QED) is 0.521. The van der Waals surface area contributed by atoms with Gasteiger partial charge in [-0.3, -0.25) is 4.79 Å². The SMILES string of the molecule is CC1(C)C(=O)[C@@]2(C)CCC1C2. The van der Waals surface area contributed by atoms with Crippen molar-refractivity contribution in [3.63, 3.8) is 0 Å². The summed E-state index contributed by atoms with van der Waals surface area (Å²) in [6.07, 6.45) is 3.56. The number of carbonyl (C=O) groups is 1. The van der Waals surface area contributed by atoms with E-state index < -0.39 is 0 Å². The molecule has 0 saturated heterocycles. The average molecular weight is 152 g/mol. The van der Waals surface area contributed by atoms with Crippen molar-refractivity contribution >= 4 is 5.78 Å². The summed E-state index contributed by atoms with van der Waals surface area (Å²) in [6, 6.07) is 0. The van der Waals surface area contributed by atoms with Crippen LogP contribution in [0.15, 0.2) is 0 Å². The lowest BCUT2D eigenvalue weighted by atomic mass is 9.72. The van der Waals surface area contributed by atoms with Gasteiger partial charge in [0, 0.05) is 10.8 Å². The number of hydrogen-bond donors (Lipinski definition) is 0. The Morgan fingerprint density at radius 2 is 2.00 bits per heavy atom. The third kappa shape index (κ3) is 0.692. The van der Waals surface area contributed by atoms with E-state index in [1.165, 1.54) is 6.42 Å². The number of fused-ring (bicyclic) bond motifs is 2. The van der Waals surface area contributed by atoms with Gasteiger partial charge < -0.3 is 0 Å². The molecule has 0 aromatic carbocycles. The van der Waals surface area contributed by atoms with Crippen LogP contribution in [0.25, 0.3) is 0 Å². The number of ketones is 1. The minimum absolute atomic E-state index is 0.00694. The zero-order valence-corrected chi connectivity index (χ0v) is 7.61. The van der Waals surface area contributed by atoms with Gasteiger partial charge in [0.2, 0.25) is 0 Å². The first-order chi connectivity index (χ1) is 4.97. The van der Waals surface area contributed by atoms with Crippen LogP contribution in [0.1, 0.15) is 40.0 Å². The molecule has 1 nitrogen and oxygen atoms in total. The van der Waals surface area contributed by atoms with Gasteiger partial charge in [0.1, 0.15) is 5.78 Å². The molecule has 2 saturated carbocycles. The first-order valence-electron chi connectivity index (χ1n) is 4.52. The monoisotopic (exact) mass is 152 g/mol. The molecule has 2 fully saturated rings. The molecule has 0 amide bonds.